The molecule has 0 saturated heterocycles. The maximum atomic E-state index is 13.3. The minimum absolute atomic E-state index is 0.0672. The van der Waals surface area contributed by atoms with E-state index >= 15 is 0 Å². The lowest BCUT2D eigenvalue weighted by Crippen LogP contribution is -2.25. The topological polar surface area (TPSA) is 64.4 Å². The average molecular weight is 334 g/mol. The lowest BCUT2D eigenvalue weighted by atomic mass is 10.1. The first-order valence-electron chi connectivity index (χ1n) is 7.19. The van der Waals surface area contributed by atoms with Gasteiger partial charge in [-0.05, 0) is 26.0 Å². The summed E-state index contributed by atoms with van der Waals surface area (Å²) in [6.45, 7) is 3.58. The van der Waals surface area contributed by atoms with E-state index in [1.54, 1.807) is 13.8 Å². The number of carbonyl (C=O) groups is 1. The van der Waals surface area contributed by atoms with Crippen LogP contribution >= 0.6 is 0 Å². The van der Waals surface area contributed by atoms with Crippen LogP contribution in [-0.2, 0) is 11.2 Å². The molecule has 1 heterocycles. The fourth-order valence-electron chi connectivity index (χ4n) is 1.94. The third-order valence-electron chi connectivity index (χ3n) is 3.21. The number of ether oxygens (including phenoxy) is 1. The van der Waals surface area contributed by atoms with Gasteiger partial charge in [0, 0.05) is 11.6 Å². The highest BCUT2D eigenvalue weighted by molar-refractivity contribution is 5.79. The van der Waals surface area contributed by atoms with Crippen molar-refractivity contribution in [2.75, 3.05) is 13.2 Å². The van der Waals surface area contributed by atoms with Crippen LogP contribution in [0.3, 0.4) is 0 Å². The molecule has 5 nitrogen and oxygen atoms in total. The lowest BCUT2D eigenvalue weighted by molar-refractivity contribution is -0.120. The minimum Gasteiger partial charge on any atom is -0.478 e. The first-order chi connectivity index (χ1) is 11.5. The molecule has 0 fully saturated rings. The van der Waals surface area contributed by atoms with E-state index in [-0.39, 0.29) is 31.2 Å². The third kappa shape index (κ3) is 4.81. The van der Waals surface area contributed by atoms with Crippen molar-refractivity contribution in [1.82, 2.24) is 10.5 Å². The molecule has 0 aliphatic heterocycles. The van der Waals surface area contributed by atoms with E-state index in [1.165, 1.54) is 6.07 Å². The Balaban J connectivity index is 1.73. The lowest BCUT2D eigenvalue weighted by Gasteiger charge is -2.03. The van der Waals surface area contributed by atoms with Crippen molar-refractivity contribution < 1.29 is 22.8 Å². The van der Waals surface area contributed by atoms with Gasteiger partial charge < -0.3 is 14.6 Å². The van der Waals surface area contributed by atoms with Gasteiger partial charge in [-0.1, -0.05) is 17.0 Å². The molecule has 1 aromatic heterocycles. The zero-order chi connectivity index (χ0) is 17.5. The van der Waals surface area contributed by atoms with E-state index < -0.39 is 11.6 Å². The van der Waals surface area contributed by atoms with Crippen LogP contribution in [0.25, 0.3) is 0 Å². The van der Waals surface area contributed by atoms with E-state index in [4.69, 9.17) is 9.26 Å². The highest BCUT2D eigenvalue weighted by Crippen LogP contribution is 2.17. The minimum atomic E-state index is -0.787. The van der Waals surface area contributed by atoms with E-state index in [9.17, 15) is 13.6 Å². The van der Waals surface area contributed by atoms with E-state index in [0.29, 0.717) is 11.5 Å². The number of amides is 1. The van der Waals surface area contributed by atoms with Gasteiger partial charge >= 0.3 is 0 Å². The van der Waals surface area contributed by atoms with E-state index in [0.717, 1.165) is 17.7 Å². The fourth-order valence-corrected chi connectivity index (χ4v) is 1.94. The van der Waals surface area contributed by atoms with Gasteiger partial charge in [0.1, 0.15) is 18.2 Å². The molecule has 0 atom stereocenters. The van der Waals surface area contributed by atoms with Gasteiger partial charge in [-0.15, -0.1) is 0 Å². The normalized spacial score (nSPS) is 10.0. The molecule has 0 radical (unpaired) electrons. The van der Waals surface area contributed by atoms with Gasteiger partial charge in [0.2, 0.25) is 5.91 Å². The summed E-state index contributed by atoms with van der Waals surface area (Å²) >= 11 is 0. The molecular formula is C17H16F2N2O3. The Morgan fingerprint density at radius 2 is 2.12 bits per heavy atom. The quantitative estimate of drug-likeness (QED) is 0.852. The number of benzene rings is 1. The summed E-state index contributed by atoms with van der Waals surface area (Å²) in [5.41, 5.74) is 1.44. The van der Waals surface area contributed by atoms with Gasteiger partial charge in [-0.2, -0.15) is 0 Å². The van der Waals surface area contributed by atoms with Crippen LogP contribution in [0, 0.1) is 37.3 Å². The summed E-state index contributed by atoms with van der Waals surface area (Å²) in [7, 11) is 0. The summed E-state index contributed by atoms with van der Waals surface area (Å²) in [5.74, 6) is 4.19. The Hall–Kier alpha value is -2.88. The zero-order valence-electron chi connectivity index (χ0n) is 13.3. The third-order valence-corrected chi connectivity index (χ3v) is 3.21. The largest absolute Gasteiger partial charge is 0.478 e. The molecule has 126 valence electrons. The molecule has 0 bridgehead atoms. The van der Waals surface area contributed by atoms with Crippen LogP contribution in [0.4, 0.5) is 8.78 Å². The summed E-state index contributed by atoms with van der Waals surface area (Å²) in [6, 6.07) is 3.02. The Morgan fingerprint density at radius 1 is 1.33 bits per heavy atom. The van der Waals surface area contributed by atoms with Crippen molar-refractivity contribution in [3.05, 3.63) is 46.9 Å². The Labute approximate surface area is 138 Å². The number of hydrogen-bond acceptors (Lipinski definition) is 4. The number of nitrogens with one attached hydrogen (secondary N) is 1. The highest BCUT2D eigenvalue weighted by atomic mass is 19.1. The second-order valence-corrected chi connectivity index (χ2v) is 4.97. The maximum Gasteiger partial charge on any atom is 0.225 e. The Bertz CT molecular complexity index is 771. The predicted molar refractivity (Wildman–Crippen MR) is 82.3 cm³/mol. The van der Waals surface area contributed by atoms with Crippen LogP contribution in [0.15, 0.2) is 22.7 Å². The van der Waals surface area contributed by atoms with Gasteiger partial charge in [-0.25, -0.2) is 8.78 Å². The molecule has 0 spiro atoms. The summed E-state index contributed by atoms with van der Waals surface area (Å²) < 4.78 is 36.1. The number of aryl methyl sites for hydroxylation is 2. The maximum absolute atomic E-state index is 13.3. The number of carbonyl (C=O) groups excluding carboxylic acids is 1. The van der Waals surface area contributed by atoms with Crippen LogP contribution in [0.2, 0.25) is 0 Å². The van der Waals surface area contributed by atoms with Crippen molar-refractivity contribution in [2.45, 2.75) is 20.3 Å². The first-order valence-corrected chi connectivity index (χ1v) is 7.19. The first kappa shape index (κ1) is 17.5. The second kappa shape index (κ2) is 8.11. The van der Waals surface area contributed by atoms with Crippen LogP contribution in [0.5, 0.6) is 5.75 Å². The molecule has 24 heavy (non-hydrogen) atoms. The predicted octanol–water partition coefficient (Wildman–Crippen LogP) is 2.31. The number of rotatable bonds is 5. The molecule has 0 unspecified atom stereocenters. The van der Waals surface area contributed by atoms with Crippen LogP contribution in [-0.4, -0.2) is 24.2 Å². The van der Waals surface area contributed by atoms with Crippen molar-refractivity contribution in [3.8, 4) is 17.6 Å². The van der Waals surface area contributed by atoms with Crippen LogP contribution < -0.4 is 10.1 Å². The van der Waals surface area contributed by atoms with Crippen molar-refractivity contribution >= 4 is 5.91 Å². The number of aromatic nitrogens is 1. The van der Waals surface area contributed by atoms with E-state index in [2.05, 4.69) is 22.3 Å². The fraction of sp³-hybridized carbons (Fsp3) is 0.294. The molecule has 0 saturated carbocycles. The number of nitrogens with zero attached hydrogens (tertiary/aromatic N) is 1. The zero-order valence-corrected chi connectivity index (χ0v) is 13.3. The standard InChI is InChI=1S/C17H16F2N2O3/c1-11-14(12(2)24-21-11)10-17(22)20-7-3-4-8-23-16-6-5-13(18)9-15(16)19/h5-6,9H,7-8,10H2,1-2H3,(H,20,22). The second-order valence-electron chi connectivity index (χ2n) is 4.97. The molecule has 0 aliphatic carbocycles. The Kier molecular flexibility index (Phi) is 5.90. The molecule has 1 aromatic carbocycles. The molecule has 2 aromatic rings. The molecule has 0 aliphatic rings. The van der Waals surface area contributed by atoms with Crippen molar-refractivity contribution in [3.63, 3.8) is 0 Å². The molecule has 1 N–H and O–H groups in total. The van der Waals surface area contributed by atoms with Crippen LogP contribution in [0.1, 0.15) is 17.0 Å². The van der Waals surface area contributed by atoms with Gasteiger partial charge in [0.15, 0.2) is 11.6 Å². The number of hydrogen-bond donors (Lipinski definition) is 1. The molecule has 7 heteroatoms. The van der Waals surface area contributed by atoms with Crippen molar-refractivity contribution in [1.29, 1.82) is 0 Å². The average Bonchev–Trinajstić information content (AvgIpc) is 2.84. The molecule has 1 amide bonds. The van der Waals surface area contributed by atoms with E-state index in [1.807, 2.05) is 0 Å². The molecular weight excluding hydrogens is 318 g/mol. The molecule has 2 rings (SSSR count). The summed E-state index contributed by atoms with van der Waals surface area (Å²) in [5, 5.41) is 6.41. The van der Waals surface area contributed by atoms with Gasteiger partial charge in [0.25, 0.3) is 0 Å². The smallest absolute Gasteiger partial charge is 0.225 e. The SMILES string of the molecule is Cc1noc(C)c1CC(=O)NCC#CCOc1ccc(F)cc1F. The van der Waals surface area contributed by atoms with Gasteiger partial charge in [0.05, 0.1) is 18.7 Å². The Morgan fingerprint density at radius 3 is 2.79 bits per heavy atom. The highest BCUT2D eigenvalue weighted by Gasteiger charge is 2.12. The van der Waals surface area contributed by atoms with Gasteiger partial charge in [-0.3, -0.25) is 4.79 Å². The number of halogens is 2. The van der Waals surface area contributed by atoms with Crippen molar-refractivity contribution in [2.24, 2.45) is 0 Å². The monoisotopic (exact) mass is 334 g/mol. The summed E-state index contributed by atoms with van der Waals surface area (Å²) in [4.78, 5) is 11.8. The summed E-state index contributed by atoms with van der Waals surface area (Å²) in [6.07, 6.45) is 0.167.